The number of benzene rings is 2. The molecule has 0 amide bonds. The van der Waals surface area contributed by atoms with Gasteiger partial charge in [-0.3, -0.25) is 0 Å². The van der Waals surface area contributed by atoms with E-state index in [1.165, 1.54) is 31.2 Å². The standard InChI is InChI=1S/C19H13F6NO2S/c1-11-7-14(20)13(8-16(11)29(27)10-18(21,22)23)15-9-17(28-26-15)19(24,25)12-5-3-2-4-6-12/h2-9H,10H2,1H3. The first-order valence-electron chi connectivity index (χ1n) is 8.15. The van der Waals surface area contributed by atoms with Gasteiger partial charge in [-0.2, -0.15) is 22.0 Å². The van der Waals surface area contributed by atoms with Crippen LogP contribution in [0.25, 0.3) is 11.3 Å². The second-order valence-corrected chi connectivity index (χ2v) is 7.64. The fourth-order valence-electron chi connectivity index (χ4n) is 2.66. The predicted molar refractivity (Wildman–Crippen MR) is 93.4 cm³/mol. The first kappa shape index (κ1) is 21.3. The van der Waals surface area contributed by atoms with Crippen molar-refractivity contribution in [2.24, 2.45) is 0 Å². The zero-order chi connectivity index (χ0) is 21.4. The number of halogens is 6. The maximum Gasteiger partial charge on any atom is 0.433 e. The number of aryl methyl sites for hydroxylation is 1. The summed E-state index contributed by atoms with van der Waals surface area (Å²) in [4.78, 5) is -0.266. The first-order valence-corrected chi connectivity index (χ1v) is 9.47. The van der Waals surface area contributed by atoms with Crippen molar-refractivity contribution in [2.75, 3.05) is 5.75 Å². The van der Waals surface area contributed by atoms with Crippen LogP contribution >= 0.6 is 0 Å². The molecule has 29 heavy (non-hydrogen) atoms. The van der Waals surface area contributed by atoms with Gasteiger partial charge in [0.1, 0.15) is 11.5 Å². The Bertz CT molecular complexity index is 1000. The molecule has 0 aliphatic heterocycles. The highest BCUT2D eigenvalue weighted by Crippen LogP contribution is 2.38. The molecule has 1 aromatic heterocycles. The summed E-state index contributed by atoms with van der Waals surface area (Å²) < 4.78 is 97.8. The summed E-state index contributed by atoms with van der Waals surface area (Å²) in [7, 11) is 0. The van der Waals surface area contributed by atoms with Gasteiger partial charge in [0, 0.05) is 28.8 Å². The Labute approximate surface area is 164 Å². The molecular weight excluding hydrogens is 420 g/mol. The minimum atomic E-state index is -4.69. The van der Waals surface area contributed by atoms with Gasteiger partial charge in [0.15, 0.2) is 4.90 Å². The molecule has 0 saturated heterocycles. The molecule has 10 heteroatoms. The Morgan fingerprint density at radius 2 is 1.69 bits per heavy atom. The number of nitrogens with zero attached hydrogens (tertiary/aromatic N) is 1. The monoisotopic (exact) mass is 433 g/mol. The van der Waals surface area contributed by atoms with Gasteiger partial charge < -0.3 is 9.08 Å². The van der Waals surface area contributed by atoms with Crippen LogP contribution in [0.1, 0.15) is 16.9 Å². The summed E-state index contributed by atoms with van der Waals surface area (Å²) in [6.07, 6.45) is -4.69. The molecule has 1 heterocycles. The van der Waals surface area contributed by atoms with Crippen LogP contribution in [0.5, 0.6) is 0 Å². The molecule has 0 aliphatic rings. The summed E-state index contributed by atoms with van der Waals surface area (Å²) >= 11 is -2.49. The zero-order valence-electron chi connectivity index (χ0n) is 14.8. The fourth-order valence-corrected chi connectivity index (χ4v) is 3.78. The van der Waals surface area contributed by atoms with E-state index in [9.17, 15) is 30.9 Å². The van der Waals surface area contributed by atoms with Crippen molar-refractivity contribution in [3.63, 3.8) is 0 Å². The molecule has 0 spiro atoms. The van der Waals surface area contributed by atoms with Crippen molar-refractivity contribution in [3.8, 4) is 11.3 Å². The van der Waals surface area contributed by atoms with Crippen LogP contribution < -0.4 is 0 Å². The van der Waals surface area contributed by atoms with Gasteiger partial charge in [-0.25, -0.2) is 4.39 Å². The topological polar surface area (TPSA) is 49.1 Å². The lowest BCUT2D eigenvalue weighted by Crippen LogP contribution is -2.23. The minimum Gasteiger partial charge on any atom is -0.611 e. The molecule has 1 atom stereocenters. The van der Waals surface area contributed by atoms with Crippen molar-refractivity contribution in [3.05, 3.63) is 71.2 Å². The van der Waals surface area contributed by atoms with Gasteiger partial charge in [0.2, 0.25) is 11.5 Å². The second kappa shape index (κ2) is 7.75. The molecule has 0 fully saturated rings. The zero-order valence-corrected chi connectivity index (χ0v) is 15.6. The molecule has 0 N–H and O–H groups in total. The first-order chi connectivity index (χ1) is 13.5. The number of alkyl halides is 5. The molecule has 3 nitrogen and oxygen atoms in total. The number of hydrogen-bond donors (Lipinski definition) is 0. The lowest BCUT2D eigenvalue weighted by molar-refractivity contribution is -0.106. The molecule has 0 bridgehead atoms. The highest BCUT2D eigenvalue weighted by atomic mass is 32.2. The smallest absolute Gasteiger partial charge is 0.433 e. The Hall–Kier alpha value is -2.46. The van der Waals surface area contributed by atoms with E-state index in [0.717, 1.165) is 18.2 Å². The fraction of sp³-hybridized carbons (Fsp3) is 0.211. The summed E-state index contributed by atoms with van der Waals surface area (Å²) in [5.74, 6) is -6.96. The summed E-state index contributed by atoms with van der Waals surface area (Å²) in [5, 5.41) is 3.43. The third kappa shape index (κ3) is 4.59. The van der Waals surface area contributed by atoms with Crippen LogP contribution in [0, 0.1) is 12.7 Å². The number of aromatic nitrogens is 1. The average Bonchev–Trinajstić information content (AvgIpc) is 3.11. The molecule has 2 aromatic carbocycles. The van der Waals surface area contributed by atoms with Gasteiger partial charge in [0.05, 0.1) is 0 Å². The molecule has 3 rings (SSSR count). The molecule has 3 aromatic rings. The van der Waals surface area contributed by atoms with Gasteiger partial charge in [0.25, 0.3) is 0 Å². The molecule has 1 unspecified atom stereocenters. The number of rotatable bonds is 5. The lowest BCUT2D eigenvalue weighted by Gasteiger charge is -2.15. The van der Waals surface area contributed by atoms with Gasteiger partial charge in [-0.1, -0.05) is 35.5 Å². The van der Waals surface area contributed by atoms with E-state index in [1.807, 2.05) is 0 Å². The van der Waals surface area contributed by atoms with E-state index < -0.39 is 40.6 Å². The van der Waals surface area contributed by atoms with E-state index >= 15 is 0 Å². The van der Waals surface area contributed by atoms with Crippen molar-refractivity contribution >= 4 is 11.2 Å². The Morgan fingerprint density at radius 1 is 1.03 bits per heavy atom. The third-order valence-corrected chi connectivity index (χ3v) is 5.56. The van der Waals surface area contributed by atoms with E-state index in [2.05, 4.69) is 9.68 Å². The summed E-state index contributed by atoms with van der Waals surface area (Å²) in [6.45, 7) is 1.30. The van der Waals surface area contributed by atoms with Crippen LogP contribution in [0.4, 0.5) is 26.3 Å². The van der Waals surface area contributed by atoms with Crippen LogP contribution in [0.2, 0.25) is 0 Å². The second-order valence-electron chi connectivity index (χ2n) is 6.22. The summed E-state index contributed by atoms with van der Waals surface area (Å²) in [5.41, 5.74) is -1.08. The average molecular weight is 433 g/mol. The van der Waals surface area contributed by atoms with Gasteiger partial charge in [-0.05, 0) is 24.2 Å². The van der Waals surface area contributed by atoms with E-state index in [4.69, 9.17) is 0 Å². The van der Waals surface area contributed by atoms with Crippen LogP contribution in [-0.2, 0) is 17.1 Å². The van der Waals surface area contributed by atoms with Gasteiger partial charge >= 0.3 is 12.1 Å². The highest BCUT2D eigenvalue weighted by molar-refractivity contribution is 7.91. The van der Waals surface area contributed by atoms with Crippen molar-refractivity contribution < 1.29 is 35.4 Å². The van der Waals surface area contributed by atoms with E-state index in [-0.39, 0.29) is 27.3 Å². The molecule has 0 saturated carbocycles. The lowest BCUT2D eigenvalue weighted by atomic mass is 10.0. The SMILES string of the molecule is Cc1cc(F)c(-c2cc(C(F)(F)c3ccccc3)on2)cc1[S+]([O-])CC(F)(F)F. The Balaban J connectivity index is 1.99. The normalized spacial score (nSPS) is 13.5. The molecule has 154 valence electrons. The highest BCUT2D eigenvalue weighted by Gasteiger charge is 2.39. The van der Waals surface area contributed by atoms with Crippen molar-refractivity contribution in [2.45, 2.75) is 23.9 Å². The van der Waals surface area contributed by atoms with Crippen LogP contribution in [-0.4, -0.2) is 21.6 Å². The van der Waals surface area contributed by atoms with Crippen LogP contribution in [0.15, 0.2) is 57.9 Å². The van der Waals surface area contributed by atoms with E-state index in [1.54, 1.807) is 6.07 Å². The quantitative estimate of drug-likeness (QED) is 0.389. The van der Waals surface area contributed by atoms with Crippen molar-refractivity contribution in [1.29, 1.82) is 0 Å². The number of hydrogen-bond acceptors (Lipinski definition) is 3. The van der Waals surface area contributed by atoms with Gasteiger partial charge in [-0.15, -0.1) is 0 Å². The Morgan fingerprint density at radius 3 is 2.31 bits per heavy atom. The largest absolute Gasteiger partial charge is 0.611 e. The molecule has 0 radical (unpaired) electrons. The third-order valence-electron chi connectivity index (χ3n) is 4.04. The molecular formula is C19H13F6NO2S. The van der Waals surface area contributed by atoms with Crippen molar-refractivity contribution in [1.82, 2.24) is 5.16 Å². The predicted octanol–water partition coefficient (Wildman–Crippen LogP) is 5.60. The van der Waals surface area contributed by atoms with E-state index in [0.29, 0.717) is 0 Å². The maximum atomic E-state index is 14.6. The maximum absolute atomic E-state index is 14.6. The van der Waals surface area contributed by atoms with Crippen LogP contribution in [0.3, 0.4) is 0 Å². The molecule has 0 aliphatic carbocycles. The Kier molecular flexibility index (Phi) is 5.68. The summed E-state index contributed by atoms with van der Waals surface area (Å²) in [6, 6.07) is 9.30. The minimum absolute atomic E-state index is 0.0344.